The number of carbonyl (C=O) groups is 2. The lowest BCUT2D eigenvalue weighted by Crippen LogP contribution is -2.46. The Balaban J connectivity index is 4.59. The van der Waals surface area contributed by atoms with Gasteiger partial charge in [0.15, 0.2) is 0 Å². The van der Waals surface area contributed by atoms with Gasteiger partial charge in [-0.1, -0.05) is 230 Å². The highest BCUT2D eigenvalue weighted by molar-refractivity contribution is 5.77. The number of hydrogen-bond acceptors (Lipinski definition) is 5. The van der Waals surface area contributed by atoms with Gasteiger partial charge in [0.1, 0.15) is 6.10 Å². The Morgan fingerprint density at radius 1 is 0.453 bits per heavy atom. The van der Waals surface area contributed by atoms with Gasteiger partial charge in [-0.2, -0.15) is 0 Å². The third-order valence-electron chi connectivity index (χ3n) is 12.6. The van der Waals surface area contributed by atoms with Crippen LogP contribution in [-0.2, 0) is 14.3 Å². The van der Waals surface area contributed by atoms with E-state index in [4.69, 9.17) is 4.74 Å². The molecule has 374 valence electrons. The predicted octanol–water partition coefficient (Wildman–Crippen LogP) is 17.0. The van der Waals surface area contributed by atoms with E-state index in [-0.39, 0.29) is 24.9 Å². The number of rotatable bonds is 50. The van der Waals surface area contributed by atoms with E-state index in [9.17, 15) is 19.8 Å². The fourth-order valence-electron chi connectivity index (χ4n) is 8.37. The van der Waals surface area contributed by atoms with Gasteiger partial charge in [0, 0.05) is 6.42 Å². The summed E-state index contributed by atoms with van der Waals surface area (Å²) in [4.78, 5) is 26.2. The largest absolute Gasteiger partial charge is 0.462 e. The standard InChI is InChI=1S/C58H107NO5/c1-4-7-10-13-16-19-22-24-26-28-29-30-32-34-36-39-42-45-48-51-58(63)64-54(49-46-43-40-37-35-33-31-27-25-23-20-17-14-11-8-5-2)52-57(62)59-55(53-60)56(61)50-47-44-41-38-21-18-15-12-9-6-3/h16,19,24,26,29-30,33,35,54-56,60-61H,4-15,17-18,20-23,25,27-28,31-32,34,36-53H2,1-3H3,(H,59,62)/b19-16-,26-24-,30-29-,35-33+. The maximum Gasteiger partial charge on any atom is 0.306 e. The third kappa shape index (κ3) is 46.4. The molecule has 3 N–H and O–H groups in total. The predicted molar refractivity (Wildman–Crippen MR) is 278 cm³/mol. The minimum atomic E-state index is -0.793. The first-order chi connectivity index (χ1) is 31.5. The quantitative estimate of drug-likeness (QED) is 0.0321. The van der Waals surface area contributed by atoms with E-state index < -0.39 is 18.2 Å². The maximum atomic E-state index is 13.2. The number of carbonyl (C=O) groups excluding carboxylic acids is 2. The maximum absolute atomic E-state index is 13.2. The van der Waals surface area contributed by atoms with Crippen molar-refractivity contribution in [1.82, 2.24) is 5.32 Å². The second kappa shape index (κ2) is 51.8. The van der Waals surface area contributed by atoms with Crippen molar-refractivity contribution in [2.75, 3.05) is 6.61 Å². The van der Waals surface area contributed by atoms with E-state index in [1.807, 2.05) is 0 Å². The van der Waals surface area contributed by atoms with Gasteiger partial charge < -0.3 is 20.3 Å². The van der Waals surface area contributed by atoms with Crippen LogP contribution in [0.1, 0.15) is 284 Å². The molecule has 6 heteroatoms. The smallest absolute Gasteiger partial charge is 0.306 e. The zero-order valence-corrected chi connectivity index (χ0v) is 42.7. The van der Waals surface area contributed by atoms with Crippen LogP contribution in [0.4, 0.5) is 0 Å². The lowest BCUT2D eigenvalue weighted by molar-refractivity contribution is -0.151. The minimum Gasteiger partial charge on any atom is -0.462 e. The normalized spacial score (nSPS) is 13.5. The average molecular weight is 898 g/mol. The van der Waals surface area contributed by atoms with Gasteiger partial charge in [-0.15, -0.1) is 0 Å². The summed E-state index contributed by atoms with van der Waals surface area (Å²) in [7, 11) is 0. The van der Waals surface area contributed by atoms with Gasteiger partial charge >= 0.3 is 5.97 Å². The van der Waals surface area contributed by atoms with Crippen LogP contribution in [0, 0.1) is 0 Å². The van der Waals surface area contributed by atoms with Crippen molar-refractivity contribution in [3.05, 3.63) is 48.6 Å². The van der Waals surface area contributed by atoms with Crippen molar-refractivity contribution in [2.24, 2.45) is 0 Å². The van der Waals surface area contributed by atoms with Gasteiger partial charge in [0.2, 0.25) is 5.91 Å². The molecule has 0 aromatic rings. The Labute approximate surface area is 397 Å². The highest BCUT2D eigenvalue weighted by Gasteiger charge is 2.24. The van der Waals surface area contributed by atoms with Gasteiger partial charge in [0.05, 0.1) is 25.2 Å². The Morgan fingerprint density at radius 3 is 1.27 bits per heavy atom. The van der Waals surface area contributed by atoms with Gasteiger partial charge in [-0.3, -0.25) is 9.59 Å². The highest BCUT2D eigenvalue weighted by atomic mass is 16.5. The average Bonchev–Trinajstić information content (AvgIpc) is 3.29. The number of aliphatic hydroxyl groups is 2. The molecule has 0 saturated carbocycles. The molecule has 0 rings (SSSR count). The topological polar surface area (TPSA) is 95.9 Å². The Hall–Kier alpha value is -2.18. The molecule has 1 amide bonds. The van der Waals surface area contributed by atoms with Crippen LogP contribution < -0.4 is 5.32 Å². The van der Waals surface area contributed by atoms with Crippen molar-refractivity contribution in [2.45, 2.75) is 302 Å². The Bertz CT molecular complexity index is 1100. The third-order valence-corrected chi connectivity index (χ3v) is 12.6. The molecule has 0 aliphatic heterocycles. The summed E-state index contributed by atoms with van der Waals surface area (Å²) in [5.74, 6) is -0.496. The van der Waals surface area contributed by atoms with E-state index >= 15 is 0 Å². The lowest BCUT2D eigenvalue weighted by atomic mass is 10.0. The van der Waals surface area contributed by atoms with Crippen molar-refractivity contribution >= 4 is 11.9 Å². The molecule has 3 unspecified atom stereocenters. The molecule has 0 fully saturated rings. The monoisotopic (exact) mass is 898 g/mol. The van der Waals surface area contributed by atoms with E-state index in [1.165, 1.54) is 154 Å². The molecule has 0 aromatic heterocycles. The summed E-state index contributed by atoms with van der Waals surface area (Å²) >= 11 is 0. The Kier molecular flexibility index (Phi) is 50.0. The van der Waals surface area contributed by atoms with Crippen LogP contribution in [0.5, 0.6) is 0 Å². The van der Waals surface area contributed by atoms with Crippen molar-refractivity contribution in [1.29, 1.82) is 0 Å². The molecular formula is C58H107NO5. The van der Waals surface area contributed by atoms with Crippen LogP contribution in [0.15, 0.2) is 48.6 Å². The SMILES string of the molecule is CCCCC/C=C\C/C=C\C/C=C\CCCCCCCCC(=O)OC(CCCCC/C=C/CCCCCCCCCCC)CC(=O)NC(CO)C(O)CCCCCCCCCCCC. The molecule has 0 saturated heterocycles. The molecule has 6 nitrogen and oxygen atoms in total. The van der Waals surface area contributed by atoms with Gasteiger partial charge in [-0.25, -0.2) is 0 Å². The van der Waals surface area contributed by atoms with Gasteiger partial charge in [0.25, 0.3) is 0 Å². The van der Waals surface area contributed by atoms with E-state index in [0.717, 1.165) is 83.5 Å². The minimum absolute atomic E-state index is 0.0626. The first-order valence-electron chi connectivity index (χ1n) is 27.9. The van der Waals surface area contributed by atoms with E-state index in [1.54, 1.807) is 0 Å². The second-order valence-electron chi connectivity index (χ2n) is 19.0. The zero-order chi connectivity index (χ0) is 46.7. The number of amides is 1. The van der Waals surface area contributed by atoms with Crippen molar-refractivity contribution in [3.8, 4) is 0 Å². The molecule has 0 bridgehead atoms. The zero-order valence-electron chi connectivity index (χ0n) is 42.7. The summed E-state index contributed by atoms with van der Waals surface area (Å²) in [6, 6.07) is -0.708. The van der Waals surface area contributed by atoms with Crippen molar-refractivity contribution in [3.63, 3.8) is 0 Å². The molecule has 3 atom stereocenters. The summed E-state index contributed by atoms with van der Waals surface area (Å²) in [5.41, 5.74) is 0. The summed E-state index contributed by atoms with van der Waals surface area (Å²) in [6.07, 6.45) is 63.2. The number of allylic oxidation sites excluding steroid dienone is 8. The first-order valence-corrected chi connectivity index (χ1v) is 27.9. The summed E-state index contributed by atoms with van der Waals surface area (Å²) in [6.45, 7) is 6.46. The number of unbranched alkanes of at least 4 members (excludes halogenated alkanes) is 30. The summed E-state index contributed by atoms with van der Waals surface area (Å²) in [5, 5.41) is 23.8. The number of hydrogen-bond donors (Lipinski definition) is 3. The molecule has 0 aliphatic carbocycles. The lowest BCUT2D eigenvalue weighted by Gasteiger charge is -2.24. The highest BCUT2D eigenvalue weighted by Crippen LogP contribution is 2.18. The van der Waals surface area contributed by atoms with Crippen LogP contribution in [0.25, 0.3) is 0 Å². The van der Waals surface area contributed by atoms with E-state index in [2.05, 4.69) is 74.7 Å². The van der Waals surface area contributed by atoms with Crippen LogP contribution >= 0.6 is 0 Å². The number of ether oxygens (including phenoxy) is 1. The molecule has 0 spiro atoms. The fourth-order valence-corrected chi connectivity index (χ4v) is 8.37. The molecule has 0 aromatic carbocycles. The number of nitrogens with one attached hydrogen (secondary N) is 1. The Morgan fingerprint density at radius 2 is 0.797 bits per heavy atom. The number of aliphatic hydroxyl groups excluding tert-OH is 2. The van der Waals surface area contributed by atoms with Crippen LogP contribution in [0.3, 0.4) is 0 Å². The summed E-state index contributed by atoms with van der Waals surface area (Å²) < 4.78 is 5.94. The fraction of sp³-hybridized carbons (Fsp3) is 0.828. The molecule has 0 heterocycles. The van der Waals surface area contributed by atoms with Crippen LogP contribution in [-0.4, -0.2) is 46.9 Å². The van der Waals surface area contributed by atoms with Crippen LogP contribution in [0.2, 0.25) is 0 Å². The molecular weight excluding hydrogens is 791 g/mol. The van der Waals surface area contributed by atoms with Gasteiger partial charge in [-0.05, 0) is 89.9 Å². The molecule has 0 aliphatic rings. The first kappa shape index (κ1) is 61.8. The number of esters is 1. The molecule has 0 radical (unpaired) electrons. The van der Waals surface area contributed by atoms with Crippen molar-refractivity contribution < 1.29 is 24.5 Å². The van der Waals surface area contributed by atoms with E-state index in [0.29, 0.717) is 19.3 Å². The second-order valence-corrected chi connectivity index (χ2v) is 19.0. The molecule has 64 heavy (non-hydrogen) atoms.